The van der Waals surface area contributed by atoms with Crippen molar-refractivity contribution in [3.05, 3.63) is 53.1 Å². The average Bonchev–Trinajstić information content (AvgIpc) is 2.67. The summed E-state index contributed by atoms with van der Waals surface area (Å²) < 4.78 is 59.5. The lowest BCUT2D eigenvalue weighted by Gasteiger charge is -2.30. The van der Waals surface area contributed by atoms with Crippen molar-refractivity contribution in [3.8, 4) is 17.6 Å². The molecule has 10 heteroatoms. The van der Waals surface area contributed by atoms with E-state index in [2.05, 4.69) is 4.72 Å². The zero-order valence-corrected chi connectivity index (χ0v) is 19.3. The molecule has 0 amide bonds. The molecule has 1 heterocycles. The van der Waals surface area contributed by atoms with Gasteiger partial charge in [0.2, 0.25) is 20.0 Å². The third-order valence-corrected chi connectivity index (χ3v) is 7.87. The van der Waals surface area contributed by atoms with Gasteiger partial charge in [-0.3, -0.25) is 0 Å². The minimum atomic E-state index is -4.01. The first kappa shape index (κ1) is 23.2. The van der Waals surface area contributed by atoms with Gasteiger partial charge in [0.15, 0.2) is 0 Å². The van der Waals surface area contributed by atoms with E-state index in [1.807, 2.05) is 26.0 Å². The molecule has 8 nitrogen and oxygen atoms in total. The molecule has 166 valence electrons. The molecule has 0 atom stereocenters. The van der Waals surface area contributed by atoms with Crippen molar-refractivity contribution < 1.29 is 21.6 Å². The number of nitrogens with one attached hydrogen (secondary N) is 1. The predicted molar refractivity (Wildman–Crippen MR) is 117 cm³/mol. The topological polar surface area (TPSA) is 117 Å². The first-order valence-electron chi connectivity index (χ1n) is 9.76. The molecule has 0 radical (unpaired) electrons. The molecule has 1 aliphatic heterocycles. The van der Waals surface area contributed by atoms with Gasteiger partial charge in [0.05, 0.1) is 17.9 Å². The van der Waals surface area contributed by atoms with Crippen molar-refractivity contribution >= 4 is 20.0 Å². The van der Waals surface area contributed by atoms with Gasteiger partial charge in [0, 0.05) is 19.1 Å². The van der Waals surface area contributed by atoms with Crippen LogP contribution in [0.15, 0.2) is 41.3 Å². The van der Waals surface area contributed by atoms with Gasteiger partial charge in [-0.25, -0.2) is 25.9 Å². The van der Waals surface area contributed by atoms with Crippen molar-refractivity contribution in [1.82, 2.24) is 9.03 Å². The second kappa shape index (κ2) is 8.96. The highest BCUT2D eigenvalue weighted by Gasteiger charge is 2.30. The Hall–Kier alpha value is -2.45. The Kier molecular flexibility index (Phi) is 6.71. The summed E-state index contributed by atoms with van der Waals surface area (Å²) in [6.07, 6.45) is 1.86. The highest BCUT2D eigenvalue weighted by molar-refractivity contribution is 7.89. The van der Waals surface area contributed by atoms with Crippen LogP contribution in [0, 0.1) is 25.2 Å². The first-order chi connectivity index (χ1) is 14.5. The Bertz CT molecular complexity index is 1210. The van der Waals surface area contributed by atoms with E-state index in [4.69, 9.17) is 4.74 Å². The summed E-state index contributed by atoms with van der Waals surface area (Å²) in [6, 6.07) is 11.4. The van der Waals surface area contributed by atoms with Crippen molar-refractivity contribution in [2.24, 2.45) is 0 Å². The van der Waals surface area contributed by atoms with E-state index in [0.29, 0.717) is 18.6 Å². The van der Waals surface area contributed by atoms with E-state index in [0.717, 1.165) is 17.4 Å². The summed E-state index contributed by atoms with van der Waals surface area (Å²) in [5.41, 5.74) is 2.15. The number of ether oxygens (including phenoxy) is 1. The predicted octanol–water partition coefficient (Wildman–Crippen LogP) is 2.67. The van der Waals surface area contributed by atoms with Crippen LogP contribution in [-0.2, 0) is 20.0 Å². The van der Waals surface area contributed by atoms with Gasteiger partial charge < -0.3 is 4.74 Å². The Labute approximate surface area is 183 Å². The standard InChI is InChI=1S/C21H25N3O5S2/c1-15-10-16(2)12-19(11-15)29-20-5-4-17(14-22)13-21(20)31(27,28)23-18-6-8-24(9-7-18)30(3,25)26/h4-5,10-13,18,23H,6-9H2,1-3H3. The summed E-state index contributed by atoms with van der Waals surface area (Å²) in [7, 11) is -7.31. The summed E-state index contributed by atoms with van der Waals surface area (Å²) in [6.45, 7) is 4.33. The third kappa shape index (κ3) is 5.83. The Morgan fingerprint density at radius 1 is 1.03 bits per heavy atom. The zero-order chi connectivity index (χ0) is 22.8. The monoisotopic (exact) mass is 463 g/mol. The number of aryl methyl sites for hydroxylation is 2. The van der Waals surface area contributed by atoms with Gasteiger partial charge in [-0.2, -0.15) is 5.26 Å². The van der Waals surface area contributed by atoms with Gasteiger partial charge in [0.1, 0.15) is 16.4 Å². The fourth-order valence-corrected chi connectivity index (χ4v) is 5.91. The normalized spacial score (nSPS) is 16.1. The highest BCUT2D eigenvalue weighted by atomic mass is 32.2. The molecule has 0 aromatic heterocycles. The molecule has 0 bridgehead atoms. The molecule has 31 heavy (non-hydrogen) atoms. The summed E-state index contributed by atoms with van der Waals surface area (Å²) in [4.78, 5) is -0.128. The number of rotatable bonds is 6. The van der Waals surface area contributed by atoms with Gasteiger partial charge in [-0.1, -0.05) is 6.07 Å². The van der Waals surface area contributed by atoms with Gasteiger partial charge in [-0.15, -0.1) is 0 Å². The molecule has 0 saturated carbocycles. The fraction of sp³-hybridized carbons (Fsp3) is 0.381. The van der Waals surface area contributed by atoms with Crippen LogP contribution in [0.2, 0.25) is 0 Å². The summed E-state index contributed by atoms with van der Waals surface area (Å²) in [5, 5.41) is 9.24. The molecule has 2 aromatic carbocycles. The number of nitrogens with zero attached hydrogens (tertiary/aromatic N) is 2. The second-order valence-corrected chi connectivity index (χ2v) is 11.4. The number of benzene rings is 2. The van der Waals surface area contributed by atoms with Crippen LogP contribution in [0.4, 0.5) is 0 Å². The number of piperidine rings is 1. The number of hydrogen-bond donors (Lipinski definition) is 1. The van der Waals surface area contributed by atoms with Crippen molar-refractivity contribution in [1.29, 1.82) is 5.26 Å². The zero-order valence-electron chi connectivity index (χ0n) is 17.6. The quantitative estimate of drug-likeness (QED) is 0.704. The van der Waals surface area contributed by atoms with Crippen LogP contribution in [0.5, 0.6) is 11.5 Å². The van der Waals surface area contributed by atoms with Crippen molar-refractivity contribution in [3.63, 3.8) is 0 Å². The molecule has 1 fully saturated rings. The molecule has 2 aromatic rings. The molecule has 3 rings (SSSR count). The lowest BCUT2D eigenvalue weighted by atomic mass is 10.1. The Morgan fingerprint density at radius 3 is 2.19 bits per heavy atom. The Morgan fingerprint density at radius 2 is 1.65 bits per heavy atom. The molecule has 0 spiro atoms. The lowest BCUT2D eigenvalue weighted by Crippen LogP contribution is -2.46. The minimum Gasteiger partial charge on any atom is -0.456 e. The first-order valence-corrected chi connectivity index (χ1v) is 13.1. The maximum absolute atomic E-state index is 13.2. The summed E-state index contributed by atoms with van der Waals surface area (Å²) >= 11 is 0. The third-order valence-electron chi connectivity index (χ3n) is 5.03. The smallest absolute Gasteiger partial charge is 0.244 e. The molecule has 0 aliphatic carbocycles. The SMILES string of the molecule is Cc1cc(C)cc(Oc2ccc(C#N)cc2S(=O)(=O)NC2CCN(S(C)(=O)=O)CC2)c1. The summed E-state index contributed by atoms with van der Waals surface area (Å²) in [5.74, 6) is 0.616. The van der Waals surface area contributed by atoms with E-state index in [1.165, 1.54) is 22.5 Å². The molecule has 1 aliphatic rings. The van der Waals surface area contributed by atoms with Crippen LogP contribution in [0.3, 0.4) is 0 Å². The van der Waals surface area contributed by atoms with Crippen LogP contribution < -0.4 is 9.46 Å². The van der Waals surface area contributed by atoms with E-state index < -0.39 is 26.1 Å². The largest absolute Gasteiger partial charge is 0.456 e. The van der Waals surface area contributed by atoms with Gasteiger partial charge in [0.25, 0.3) is 0 Å². The Balaban J connectivity index is 1.87. The second-order valence-electron chi connectivity index (χ2n) is 7.76. The number of hydrogen-bond acceptors (Lipinski definition) is 6. The van der Waals surface area contributed by atoms with Crippen molar-refractivity contribution in [2.45, 2.75) is 37.6 Å². The molecular weight excluding hydrogens is 438 g/mol. The number of nitriles is 1. The van der Waals surface area contributed by atoms with Crippen LogP contribution in [0.1, 0.15) is 29.5 Å². The van der Waals surface area contributed by atoms with Gasteiger partial charge in [-0.05, 0) is 68.1 Å². The van der Waals surface area contributed by atoms with E-state index in [9.17, 15) is 22.1 Å². The highest BCUT2D eigenvalue weighted by Crippen LogP contribution is 2.31. The van der Waals surface area contributed by atoms with Crippen LogP contribution in [0.25, 0.3) is 0 Å². The molecule has 0 unspecified atom stereocenters. The van der Waals surface area contributed by atoms with E-state index in [-0.39, 0.29) is 29.3 Å². The van der Waals surface area contributed by atoms with Crippen molar-refractivity contribution in [2.75, 3.05) is 19.3 Å². The fourth-order valence-electron chi connectivity index (χ4n) is 3.58. The minimum absolute atomic E-state index is 0.116. The molecule has 1 N–H and O–H groups in total. The maximum Gasteiger partial charge on any atom is 0.244 e. The van der Waals surface area contributed by atoms with E-state index in [1.54, 1.807) is 12.1 Å². The average molecular weight is 464 g/mol. The number of sulfonamides is 2. The van der Waals surface area contributed by atoms with Gasteiger partial charge >= 0.3 is 0 Å². The van der Waals surface area contributed by atoms with Crippen LogP contribution >= 0.6 is 0 Å². The maximum atomic E-state index is 13.2. The molecule has 1 saturated heterocycles. The van der Waals surface area contributed by atoms with E-state index >= 15 is 0 Å². The lowest BCUT2D eigenvalue weighted by molar-refractivity contribution is 0.310. The van der Waals surface area contributed by atoms with Crippen LogP contribution in [-0.4, -0.2) is 46.5 Å². The molecular formula is C21H25N3O5S2.